The molecule has 0 saturated heterocycles. The summed E-state index contributed by atoms with van der Waals surface area (Å²) in [5, 5.41) is 11.3. The van der Waals surface area contributed by atoms with E-state index in [0.29, 0.717) is 16.1 Å². The van der Waals surface area contributed by atoms with Gasteiger partial charge in [-0.25, -0.2) is 14.4 Å². The second-order valence-electron chi connectivity index (χ2n) is 9.32. The lowest BCUT2D eigenvalue weighted by molar-refractivity contribution is -0.201. The molecule has 1 heterocycles. The van der Waals surface area contributed by atoms with Crippen LogP contribution in [0.2, 0.25) is 5.02 Å². The molecule has 1 amide bonds. The quantitative estimate of drug-likeness (QED) is 0.0931. The van der Waals surface area contributed by atoms with Gasteiger partial charge in [0.25, 0.3) is 0 Å². The van der Waals surface area contributed by atoms with E-state index in [1.807, 2.05) is 0 Å². The number of hydrogen-bond donors (Lipinski definition) is 1. The van der Waals surface area contributed by atoms with Gasteiger partial charge >= 0.3 is 23.8 Å². The van der Waals surface area contributed by atoms with E-state index in [-0.39, 0.29) is 37.7 Å². The van der Waals surface area contributed by atoms with Crippen LogP contribution in [0.25, 0.3) is 0 Å². The average Bonchev–Trinajstić information content (AvgIpc) is 3.35. The molecule has 0 aromatic heterocycles. The third kappa shape index (κ3) is 9.17. The van der Waals surface area contributed by atoms with Crippen LogP contribution >= 0.6 is 46.4 Å². The molecule has 0 unspecified atom stereocenters. The first kappa shape index (κ1) is 34.3. The van der Waals surface area contributed by atoms with Crippen molar-refractivity contribution in [3.63, 3.8) is 0 Å². The van der Waals surface area contributed by atoms with Crippen LogP contribution in [0.4, 0.5) is 4.79 Å². The zero-order chi connectivity index (χ0) is 31.8. The molecule has 14 heteroatoms. The van der Waals surface area contributed by atoms with Crippen molar-refractivity contribution in [2.24, 2.45) is 0 Å². The van der Waals surface area contributed by atoms with E-state index in [0.717, 1.165) is 0 Å². The molecule has 2 atom stereocenters. The second-order valence-corrected chi connectivity index (χ2v) is 12.3. The monoisotopic (exact) mass is 675 g/mol. The van der Waals surface area contributed by atoms with E-state index in [9.17, 15) is 19.5 Å². The predicted molar refractivity (Wildman–Crippen MR) is 161 cm³/mol. The molecule has 0 saturated carbocycles. The summed E-state index contributed by atoms with van der Waals surface area (Å²) in [5.41, 5.74) is 1.09. The summed E-state index contributed by atoms with van der Waals surface area (Å²) < 4.78 is 24.8. The highest BCUT2D eigenvalue weighted by atomic mass is 35.6. The molecule has 232 valence electrons. The van der Waals surface area contributed by atoms with Gasteiger partial charge < -0.3 is 33.7 Å². The molecule has 1 aliphatic heterocycles. The van der Waals surface area contributed by atoms with Gasteiger partial charge in [-0.15, -0.1) is 0 Å². The van der Waals surface area contributed by atoms with Gasteiger partial charge in [0.05, 0.1) is 12.6 Å². The molecule has 0 spiro atoms. The Balaban J connectivity index is 1.84. The number of carbonyl (C=O) groups is 3. The van der Waals surface area contributed by atoms with Crippen LogP contribution < -0.4 is 9.47 Å². The Morgan fingerprint density at radius 1 is 1.00 bits per heavy atom. The molecule has 10 nitrogen and oxygen atoms in total. The van der Waals surface area contributed by atoms with Crippen molar-refractivity contribution >= 4 is 64.4 Å². The summed E-state index contributed by atoms with van der Waals surface area (Å²) in [6.07, 6.45) is 0.874. The number of nitrogens with zero attached hydrogens (tertiary/aromatic N) is 1. The fourth-order valence-electron chi connectivity index (χ4n) is 4.00. The third-order valence-electron chi connectivity index (χ3n) is 5.98. The number of aliphatic hydroxyl groups excluding tert-OH is 1. The zero-order valence-electron chi connectivity index (χ0n) is 23.0. The number of benzene rings is 2. The van der Waals surface area contributed by atoms with Crippen LogP contribution in [0.5, 0.6) is 11.5 Å². The number of esters is 2. The third-order valence-corrected chi connectivity index (χ3v) is 6.54. The molecule has 0 bridgehead atoms. The predicted octanol–water partition coefficient (Wildman–Crippen LogP) is 5.74. The first-order valence-corrected chi connectivity index (χ1v) is 14.3. The number of carbonyl (C=O) groups excluding carboxylic acids is 3. The van der Waals surface area contributed by atoms with Crippen molar-refractivity contribution in [3.8, 4) is 11.5 Å². The largest absolute Gasteiger partial charge is 0.455 e. The van der Waals surface area contributed by atoms with Crippen LogP contribution in [0.15, 0.2) is 67.8 Å². The van der Waals surface area contributed by atoms with E-state index < -0.39 is 46.4 Å². The van der Waals surface area contributed by atoms with E-state index in [4.69, 9.17) is 70.1 Å². The minimum Gasteiger partial charge on any atom is -0.455 e. The van der Waals surface area contributed by atoms with Gasteiger partial charge in [0.2, 0.25) is 3.79 Å². The number of halogens is 4. The number of fused-ring (bicyclic) bond motifs is 1. The molecular weight excluding hydrogens is 648 g/mol. The standard InChI is InChI=1S/C29H29Cl4NO9/c1-4-11-39-25(36)29(26(37)40-12-5-2)42-23-10-9-19(14-24(23)43-29)13-18(3)34(27(38)41-17-28(31,32)33)16-22(35)20-7-6-8-21(30)15-20/h4-10,14-15,18,22,35H,1-2,11-13,16-17H2,3H3/t18-,22+/m1/s1. The Labute approximate surface area is 268 Å². The number of hydrogen-bond acceptors (Lipinski definition) is 9. The minimum absolute atomic E-state index is 0.0556. The first-order chi connectivity index (χ1) is 20.3. The normalized spacial score (nSPS) is 14.7. The molecule has 1 aliphatic rings. The highest BCUT2D eigenvalue weighted by molar-refractivity contribution is 6.67. The molecule has 3 rings (SSSR count). The Bertz CT molecular complexity index is 1320. The Morgan fingerprint density at radius 3 is 2.21 bits per heavy atom. The van der Waals surface area contributed by atoms with Crippen LogP contribution in [-0.2, 0) is 30.2 Å². The summed E-state index contributed by atoms with van der Waals surface area (Å²) in [6.45, 7) is 7.56. The van der Waals surface area contributed by atoms with Crippen molar-refractivity contribution in [3.05, 3.63) is 83.9 Å². The average molecular weight is 677 g/mol. The van der Waals surface area contributed by atoms with Crippen LogP contribution in [-0.4, -0.2) is 70.0 Å². The Kier molecular flexibility index (Phi) is 12.0. The maximum absolute atomic E-state index is 13.1. The lowest BCUT2D eigenvalue weighted by Crippen LogP contribution is -2.56. The van der Waals surface area contributed by atoms with E-state index >= 15 is 0 Å². The maximum Gasteiger partial charge on any atom is 0.453 e. The molecule has 2 aromatic rings. The Morgan fingerprint density at radius 2 is 1.63 bits per heavy atom. The van der Waals surface area contributed by atoms with Gasteiger partial charge in [0.15, 0.2) is 11.5 Å². The van der Waals surface area contributed by atoms with Gasteiger partial charge in [-0.2, -0.15) is 0 Å². The van der Waals surface area contributed by atoms with Gasteiger partial charge in [0.1, 0.15) is 19.8 Å². The number of ether oxygens (including phenoxy) is 5. The van der Waals surface area contributed by atoms with Crippen molar-refractivity contribution < 1.29 is 43.2 Å². The highest BCUT2D eigenvalue weighted by Crippen LogP contribution is 2.41. The summed E-state index contributed by atoms with van der Waals surface area (Å²) in [6, 6.07) is 10.7. The van der Waals surface area contributed by atoms with Crippen molar-refractivity contribution in [1.29, 1.82) is 0 Å². The van der Waals surface area contributed by atoms with E-state index in [1.165, 1.54) is 29.2 Å². The van der Waals surface area contributed by atoms with Crippen LogP contribution in [0, 0.1) is 0 Å². The summed E-state index contributed by atoms with van der Waals surface area (Å²) >= 11 is 23.3. The minimum atomic E-state index is -2.54. The summed E-state index contributed by atoms with van der Waals surface area (Å²) in [5.74, 6) is -4.67. The molecule has 0 radical (unpaired) electrons. The fourth-order valence-corrected chi connectivity index (χ4v) is 4.36. The topological polar surface area (TPSA) is 121 Å². The maximum atomic E-state index is 13.1. The van der Waals surface area contributed by atoms with Crippen molar-refractivity contribution in [2.75, 3.05) is 26.4 Å². The van der Waals surface area contributed by atoms with Crippen molar-refractivity contribution in [1.82, 2.24) is 4.90 Å². The molecule has 0 aliphatic carbocycles. The van der Waals surface area contributed by atoms with Gasteiger partial charge in [-0.1, -0.05) is 89.9 Å². The van der Waals surface area contributed by atoms with Crippen molar-refractivity contribution in [2.45, 2.75) is 35.1 Å². The molecular formula is C29H29Cl4NO9. The summed E-state index contributed by atoms with van der Waals surface area (Å²) in [4.78, 5) is 40.0. The highest BCUT2D eigenvalue weighted by Gasteiger charge is 2.59. The molecule has 43 heavy (non-hydrogen) atoms. The lowest BCUT2D eigenvalue weighted by atomic mass is 10.0. The van der Waals surface area contributed by atoms with E-state index in [2.05, 4.69) is 13.2 Å². The Hall–Kier alpha value is -3.15. The zero-order valence-corrected chi connectivity index (χ0v) is 26.0. The smallest absolute Gasteiger partial charge is 0.453 e. The van der Waals surface area contributed by atoms with Crippen LogP contribution in [0.3, 0.4) is 0 Å². The second kappa shape index (κ2) is 15.0. The van der Waals surface area contributed by atoms with Gasteiger partial charge in [-0.05, 0) is 48.7 Å². The van der Waals surface area contributed by atoms with Gasteiger partial charge in [-0.3, -0.25) is 0 Å². The van der Waals surface area contributed by atoms with Gasteiger partial charge in [0, 0.05) is 11.1 Å². The molecule has 0 fully saturated rings. The van der Waals surface area contributed by atoms with Crippen LogP contribution in [0.1, 0.15) is 24.2 Å². The number of amides is 1. The number of alkyl halides is 3. The number of rotatable bonds is 13. The molecule has 1 N–H and O–H groups in total. The number of aliphatic hydroxyl groups is 1. The first-order valence-electron chi connectivity index (χ1n) is 12.8. The van der Waals surface area contributed by atoms with E-state index in [1.54, 1.807) is 37.3 Å². The SMILES string of the molecule is C=CCOC(=O)C1(C(=O)OCC=C)Oc2ccc(C[C@@H](C)N(C[C@H](O)c3cccc(Cl)c3)C(=O)OCC(Cl)(Cl)Cl)cc2O1. The fraction of sp³-hybridized carbons (Fsp3) is 0.345. The summed E-state index contributed by atoms with van der Waals surface area (Å²) in [7, 11) is 0. The molecule has 2 aromatic carbocycles. The lowest BCUT2D eigenvalue weighted by Gasteiger charge is -2.31.